The van der Waals surface area contributed by atoms with Gasteiger partial charge in [-0.3, -0.25) is 34.5 Å². The molecule has 1 unspecified atom stereocenters. The van der Waals surface area contributed by atoms with Crippen LogP contribution in [0.4, 0.5) is 0 Å². The minimum absolute atomic E-state index is 0.0587. The molecule has 35 heavy (non-hydrogen) atoms. The zero-order chi connectivity index (χ0) is 26.0. The maximum absolute atomic E-state index is 11.6. The van der Waals surface area contributed by atoms with E-state index in [4.69, 9.17) is 5.41 Å². The van der Waals surface area contributed by atoms with Gasteiger partial charge in [0.2, 0.25) is 6.29 Å². The minimum atomic E-state index is -2.08. The molecule has 0 aliphatic carbocycles. The molecule has 0 radical (unpaired) electrons. The van der Waals surface area contributed by atoms with E-state index in [1.54, 1.807) is 45.0 Å². The lowest BCUT2D eigenvalue weighted by molar-refractivity contribution is -0.140. The topological polar surface area (TPSA) is 189 Å². The average molecular weight is 496 g/mol. The van der Waals surface area contributed by atoms with E-state index in [-0.39, 0.29) is 65.4 Å². The second-order valence-electron chi connectivity index (χ2n) is 8.35. The number of hydrogen-bond donors (Lipinski definition) is 6. The van der Waals surface area contributed by atoms with Gasteiger partial charge in [-0.1, -0.05) is 30.3 Å². The molecule has 194 valence electrons. The van der Waals surface area contributed by atoms with Crippen molar-refractivity contribution in [2.75, 3.05) is 65.4 Å². The summed E-state index contributed by atoms with van der Waals surface area (Å²) in [6.07, 6.45) is -2.08. The second kappa shape index (κ2) is 13.7. The van der Waals surface area contributed by atoms with E-state index in [1.807, 2.05) is 0 Å². The zero-order valence-electron chi connectivity index (χ0n) is 19.4. The normalized spacial score (nSPS) is 19.6. The van der Waals surface area contributed by atoms with Crippen LogP contribution in [0.2, 0.25) is 0 Å². The molecule has 0 spiro atoms. The van der Waals surface area contributed by atoms with Crippen LogP contribution in [-0.2, 0) is 14.4 Å². The lowest BCUT2D eigenvalue weighted by atomic mass is 10.0. The summed E-state index contributed by atoms with van der Waals surface area (Å²) in [5.41, 5.74) is 0.706. The number of carbonyl (C=O) groups is 3. The van der Waals surface area contributed by atoms with Gasteiger partial charge in [0.25, 0.3) is 0 Å². The fraction of sp³-hybridized carbons (Fsp3) is 0.545. The standard InChI is InChI=1S/C22H33N5O8/c23-21(22(34)35)27-11-10-25(14-19(30)31)7-6-24(13-18(28)29)8-9-26(15-20(32)33)12-17(27)16-4-2-1-3-5-16/h1-5,17,22-23,34-35H,6-15H2,(H,28,29)(H,30,31)(H,32,33). The summed E-state index contributed by atoms with van der Waals surface area (Å²) < 4.78 is 0. The van der Waals surface area contributed by atoms with Gasteiger partial charge in [0.1, 0.15) is 0 Å². The minimum Gasteiger partial charge on any atom is -0.480 e. The average Bonchev–Trinajstić information content (AvgIpc) is 2.77. The van der Waals surface area contributed by atoms with Gasteiger partial charge >= 0.3 is 17.9 Å². The number of aliphatic carboxylic acids is 3. The molecular weight excluding hydrogens is 462 g/mol. The third-order valence-corrected chi connectivity index (χ3v) is 5.74. The Hall–Kier alpha value is -3.10. The lowest BCUT2D eigenvalue weighted by Crippen LogP contribution is -2.52. The van der Waals surface area contributed by atoms with Gasteiger partial charge in [-0.05, 0) is 5.56 Å². The molecular formula is C22H33N5O8. The summed E-state index contributed by atoms with van der Waals surface area (Å²) in [4.78, 5) is 40.6. The number of rotatable bonds is 8. The van der Waals surface area contributed by atoms with E-state index >= 15 is 0 Å². The van der Waals surface area contributed by atoms with Crippen molar-refractivity contribution in [3.8, 4) is 0 Å². The van der Waals surface area contributed by atoms with Crippen LogP contribution < -0.4 is 0 Å². The monoisotopic (exact) mass is 495 g/mol. The van der Waals surface area contributed by atoms with E-state index in [0.717, 1.165) is 0 Å². The molecule has 1 aliphatic heterocycles. The van der Waals surface area contributed by atoms with Crippen LogP contribution in [0.1, 0.15) is 11.6 Å². The van der Waals surface area contributed by atoms with Gasteiger partial charge in [0.15, 0.2) is 5.84 Å². The molecule has 0 saturated carbocycles. The van der Waals surface area contributed by atoms with Gasteiger partial charge in [-0.25, -0.2) is 0 Å². The fourth-order valence-electron chi connectivity index (χ4n) is 4.06. The van der Waals surface area contributed by atoms with Crippen molar-refractivity contribution < 1.29 is 39.9 Å². The van der Waals surface area contributed by atoms with Gasteiger partial charge in [0, 0.05) is 45.8 Å². The number of carboxylic acid groups (broad SMARTS) is 3. The van der Waals surface area contributed by atoms with Crippen molar-refractivity contribution in [3.63, 3.8) is 0 Å². The number of hydrogen-bond acceptors (Lipinski definition) is 9. The SMILES string of the molecule is N=C(C(O)O)N1CCN(CC(=O)O)CCN(CC(=O)O)CCN(CC(=O)O)CC1c1ccccc1. The third kappa shape index (κ3) is 9.58. The highest BCUT2D eigenvalue weighted by Gasteiger charge is 2.30. The molecule has 6 N–H and O–H groups in total. The molecule has 1 saturated heterocycles. The Morgan fingerprint density at radius 3 is 1.66 bits per heavy atom. The van der Waals surface area contributed by atoms with Gasteiger partial charge < -0.3 is 30.4 Å². The molecule has 1 atom stereocenters. The molecule has 2 rings (SSSR count). The summed E-state index contributed by atoms with van der Waals surface area (Å²) in [5.74, 6) is -3.69. The largest absolute Gasteiger partial charge is 0.480 e. The Labute approximate surface area is 202 Å². The van der Waals surface area contributed by atoms with E-state index in [9.17, 15) is 39.9 Å². The number of amidine groups is 1. The number of benzene rings is 1. The smallest absolute Gasteiger partial charge is 0.317 e. The Bertz CT molecular complexity index is 869. The molecule has 13 heteroatoms. The van der Waals surface area contributed by atoms with Crippen LogP contribution in [0.25, 0.3) is 0 Å². The number of nitrogens with zero attached hydrogens (tertiary/aromatic N) is 4. The van der Waals surface area contributed by atoms with Crippen LogP contribution in [0, 0.1) is 5.41 Å². The van der Waals surface area contributed by atoms with Crippen LogP contribution in [0.15, 0.2) is 30.3 Å². The summed E-state index contributed by atoms with van der Waals surface area (Å²) >= 11 is 0. The summed E-state index contributed by atoms with van der Waals surface area (Å²) in [6, 6.07) is 8.26. The number of nitrogens with one attached hydrogen (secondary N) is 1. The van der Waals surface area contributed by atoms with Crippen molar-refractivity contribution in [2.45, 2.75) is 12.3 Å². The van der Waals surface area contributed by atoms with Crippen molar-refractivity contribution in [2.24, 2.45) is 0 Å². The highest BCUT2D eigenvalue weighted by atomic mass is 16.5. The molecule has 1 aromatic carbocycles. The first kappa shape index (κ1) is 28.1. The summed E-state index contributed by atoms with van der Waals surface area (Å²) in [6.45, 7) is 0.256. The van der Waals surface area contributed by atoms with Crippen molar-refractivity contribution in [1.29, 1.82) is 5.41 Å². The predicted molar refractivity (Wildman–Crippen MR) is 124 cm³/mol. The quantitative estimate of drug-likeness (QED) is 0.139. The van der Waals surface area contributed by atoms with Crippen molar-refractivity contribution >= 4 is 23.7 Å². The molecule has 1 heterocycles. The molecule has 13 nitrogen and oxygen atoms in total. The fourth-order valence-corrected chi connectivity index (χ4v) is 4.06. The third-order valence-electron chi connectivity index (χ3n) is 5.74. The van der Waals surface area contributed by atoms with Crippen molar-refractivity contribution in [1.82, 2.24) is 19.6 Å². The number of carboxylic acids is 3. The first-order valence-electron chi connectivity index (χ1n) is 11.2. The Morgan fingerprint density at radius 1 is 0.771 bits per heavy atom. The van der Waals surface area contributed by atoms with E-state index in [2.05, 4.69) is 0 Å². The molecule has 1 fully saturated rings. The first-order valence-corrected chi connectivity index (χ1v) is 11.2. The lowest BCUT2D eigenvalue weighted by Gasteiger charge is -2.39. The molecule has 0 bridgehead atoms. The summed E-state index contributed by atoms with van der Waals surface area (Å²) in [7, 11) is 0. The van der Waals surface area contributed by atoms with Gasteiger partial charge in [-0.2, -0.15) is 0 Å². The molecule has 1 aromatic rings. The van der Waals surface area contributed by atoms with Gasteiger partial charge in [-0.15, -0.1) is 0 Å². The Morgan fingerprint density at radius 2 is 1.20 bits per heavy atom. The van der Waals surface area contributed by atoms with Crippen molar-refractivity contribution in [3.05, 3.63) is 35.9 Å². The van der Waals surface area contributed by atoms with E-state index < -0.39 is 36.1 Å². The van der Waals surface area contributed by atoms with Crippen LogP contribution in [0.3, 0.4) is 0 Å². The molecule has 0 aromatic heterocycles. The Kier molecular flexibility index (Phi) is 11.0. The highest BCUT2D eigenvalue weighted by Crippen LogP contribution is 2.23. The Balaban J connectivity index is 2.47. The van der Waals surface area contributed by atoms with E-state index in [0.29, 0.717) is 5.56 Å². The number of aliphatic hydroxyl groups is 2. The summed E-state index contributed by atoms with van der Waals surface area (Å²) in [5, 5.41) is 55.9. The van der Waals surface area contributed by atoms with Crippen LogP contribution in [-0.4, -0.2) is 141 Å². The second-order valence-corrected chi connectivity index (χ2v) is 8.35. The van der Waals surface area contributed by atoms with E-state index in [1.165, 1.54) is 4.90 Å². The zero-order valence-corrected chi connectivity index (χ0v) is 19.4. The van der Waals surface area contributed by atoms with Crippen LogP contribution in [0.5, 0.6) is 0 Å². The maximum Gasteiger partial charge on any atom is 0.317 e. The first-order chi connectivity index (χ1) is 16.6. The van der Waals surface area contributed by atoms with Crippen LogP contribution >= 0.6 is 0 Å². The molecule has 1 aliphatic rings. The highest BCUT2D eigenvalue weighted by molar-refractivity contribution is 5.82. The molecule has 0 amide bonds. The maximum atomic E-state index is 11.6. The van der Waals surface area contributed by atoms with Gasteiger partial charge in [0.05, 0.1) is 25.7 Å². The predicted octanol–water partition coefficient (Wildman–Crippen LogP) is -1.51. The number of aliphatic hydroxyl groups excluding tert-OH is 1.